The molecule has 0 unspecified atom stereocenters. The van der Waals surface area contributed by atoms with Crippen LogP contribution in [-0.4, -0.2) is 31.4 Å². The van der Waals surface area contributed by atoms with Gasteiger partial charge in [-0.05, 0) is 42.0 Å². The van der Waals surface area contributed by atoms with Crippen LogP contribution < -0.4 is 20.2 Å². The highest BCUT2D eigenvalue weighted by atomic mass is 35.5. The van der Waals surface area contributed by atoms with Gasteiger partial charge in [-0.15, -0.1) is 0 Å². The third-order valence-corrected chi connectivity index (χ3v) is 4.13. The lowest BCUT2D eigenvalue weighted by atomic mass is 10.2. The molecule has 2 aromatic rings. The summed E-state index contributed by atoms with van der Waals surface area (Å²) in [6.07, 6.45) is 1.46. The van der Waals surface area contributed by atoms with E-state index >= 15 is 0 Å². The zero-order chi connectivity index (χ0) is 18.5. The second-order valence-corrected chi connectivity index (χ2v) is 6.03. The van der Waals surface area contributed by atoms with Crippen molar-refractivity contribution in [2.75, 3.05) is 13.3 Å². The Bertz CT molecular complexity index is 886. The Morgan fingerprint density at radius 1 is 1.08 bits per heavy atom. The van der Waals surface area contributed by atoms with Crippen LogP contribution in [0.25, 0.3) is 0 Å². The Morgan fingerprint density at radius 2 is 1.88 bits per heavy atom. The number of carbonyl (C=O) groups excluding carboxylic acids is 2. The van der Waals surface area contributed by atoms with E-state index in [4.69, 9.17) is 32.7 Å². The minimum Gasteiger partial charge on any atom is -0.454 e. The van der Waals surface area contributed by atoms with E-state index in [1.165, 1.54) is 24.4 Å². The third kappa shape index (κ3) is 4.44. The van der Waals surface area contributed by atoms with Gasteiger partial charge in [0.05, 0.1) is 22.8 Å². The van der Waals surface area contributed by atoms with Crippen molar-refractivity contribution in [2.45, 2.75) is 0 Å². The van der Waals surface area contributed by atoms with Crippen molar-refractivity contribution >= 4 is 41.2 Å². The fourth-order valence-electron chi connectivity index (χ4n) is 2.11. The monoisotopic (exact) mass is 393 g/mol. The van der Waals surface area contributed by atoms with E-state index in [0.717, 1.165) is 5.56 Å². The van der Waals surface area contributed by atoms with E-state index < -0.39 is 11.8 Å². The molecule has 7 nitrogen and oxygen atoms in total. The van der Waals surface area contributed by atoms with E-state index in [-0.39, 0.29) is 18.4 Å². The largest absolute Gasteiger partial charge is 0.454 e. The minimum atomic E-state index is -0.476. The molecule has 0 radical (unpaired) electrons. The first kappa shape index (κ1) is 18.0. The maximum absolute atomic E-state index is 12.0. The van der Waals surface area contributed by atoms with E-state index in [1.807, 2.05) is 0 Å². The Hall–Kier alpha value is -2.77. The molecular formula is C17H13Cl2N3O4. The highest BCUT2D eigenvalue weighted by Gasteiger charge is 2.12. The van der Waals surface area contributed by atoms with Crippen LogP contribution in [0.5, 0.6) is 11.5 Å². The van der Waals surface area contributed by atoms with Gasteiger partial charge >= 0.3 is 0 Å². The molecule has 1 heterocycles. The summed E-state index contributed by atoms with van der Waals surface area (Å²) < 4.78 is 10.5. The third-order valence-electron chi connectivity index (χ3n) is 3.39. The van der Waals surface area contributed by atoms with Crippen LogP contribution >= 0.6 is 23.2 Å². The fraction of sp³-hybridized carbons (Fsp3) is 0.118. The number of ether oxygens (including phenoxy) is 2. The summed E-state index contributed by atoms with van der Waals surface area (Å²) >= 11 is 11.6. The molecule has 1 aliphatic rings. The number of carbonyl (C=O) groups is 2. The van der Waals surface area contributed by atoms with Gasteiger partial charge in [0.1, 0.15) is 0 Å². The molecule has 134 valence electrons. The van der Waals surface area contributed by atoms with Crippen LogP contribution in [0.2, 0.25) is 10.0 Å². The molecular weight excluding hydrogens is 381 g/mol. The van der Waals surface area contributed by atoms with E-state index in [9.17, 15) is 9.59 Å². The van der Waals surface area contributed by atoms with Crippen molar-refractivity contribution in [3.8, 4) is 11.5 Å². The zero-order valence-corrected chi connectivity index (χ0v) is 14.8. The first-order valence-electron chi connectivity index (χ1n) is 7.48. The molecule has 0 aliphatic carbocycles. The van der Waals surface area contributed by atoms with Crippen molar-refractivity contribution in [2.24, 2.45) is 5.10 Å². The van der Waals surface area contributed by atoms with Gasteiger partial charge in [0.25, 0.3) is 11.8 Å². The Kier molecular flexibility index (Phi) is 5.60. The number of hydrazone groups is 1. The molecule has 0 aromatic heterocycles. The fourth-order valence-corrected chi connectivity index (χ4v) is 2.41. The number of hydrogen-bond acceptors (Lipinski definition) is 5. The van der Waals surface area contributed by atoms with Crippen molar-refractivity contribution < 1.29 is 19.1 Å². The predicted molar refractivity (Wildman–Crippen MR) is 97.1 cm³/mol. The van der Waals surface area contributed by atoms with Crippen LogP contribution in [0, 0.1) is 0 Å². The summed E-state index contributed by atoms with van der Waals surface area (Å²) in [4.78, 5) is 23.7. The van der Waals surface area contributed by atoms with Crippen molar-refractivity contribution in [1.82, 2.24) is 10.7 Å². The van der Waals surface area contributed by atoms with Gasteiger partial charge in [-0.25, -0.2) is 5.43 Å². The predicted octanol–water partition coefficient (Wildman–Crippen LogP) is 2.60. The molecule has 2 N–H and O–H groups in total. The number of halogens is 2. The number of fused-ring (bicyclic) bond motifs is 1. The SMILES string of the molecule is O=C(CNC(=O)c1ccc(Cl)c(Cl)c1)N/N=C/c1ccc2c(c1)OCO2. The molecule has 0 spiro atoms. The lowest BCUT2D eigenvalue weighted by molar-refractivity contribution is -0.120. The molecule has 0 fully saturated rings. The van der Waals surface area contributed by atoms with Gasteiger partial charge in [-0.2, -0.15) is 5.10 Å². The molecule has 1 aliphatic heterocycles. The van der Waals surface area contributed by atoms with Crippen LogP contribution in [0.3, 0.4) is 0 Å². The van der Waals surface area contributed by atoms with Gasteiger partial charge in [-0.1, -0.05) is 23.2 Å². The number of hydrogen-bond donors (Lipinski definition) is 2. The lowest BCUT2D eigenvalue weighted by Crippen LogP contribution is -2.34. The second kappa shape index (κ2) is 8.07. The first-order chi connectivity index (χ1) is 12.5. The van der Waals surface area contributed by atoms with E-state index in [0.29, 0.717) is 22.1 Å². The number of benzene rings is 2. The summed E-state index contributed by atoms with van der Waals surface area (Å²) in [7, 11) is 0. The molecule has 9 heteroatoms. The van der Waals surface area contributed by atoms with Crippen molar-refractivity contribution in [3.05, 3.63) is 57.6 Å². The summed E-state index contributed by atoms with van der Waals surface area (Å²) in [6.45, 7) is -0.0528. The summed E-state index contributed by atoms with van der Waals surface area (Å²) in [5, 5.41) is 6.90. The highest BCUT2D eigenvalue weighted by Crippen LogP contribution is 2.31. The smallest absolute Gasteiger partial charge is 0.259 e. The second-order valence-electron chi connectivity index (χ2n) is 5.22. The lowest BCUT2D eigenvalue weighted by Gasteiger charge is -2.05. The average Bonchev–Trinajstić information content (AvgIpc) is 3.10. The van der Waals surface area contributed by atoms with Gasteiger partial charge in [0, 0.05) is 5.56 Å². The summed E-state index contributed by atoms with van der Waals surface area (Å²) in [5.41, 5.74) is 3.36. The van der Waals surface area contributed by atoms with Crippen molar-refractivity contribution in [1.29, 1.82) is 0 Å². The number of rotatable bonds is 5. The molecule has 3 rings (SSSR count). The topological polar surface area (TPSA) is 89.0 Å². The maximum Gasteiger partial charge on any atom is 0.259 e. The van der Waals surface area contributed by atoms with Gasteiger partial charge in [0.15, 0.2) is 11.5 Å². The summed E-state index contributed by atoms with van der Waals surface area (Å²) in [6, 6.07) is 9.71. The molecule has 2 aromatic carbocycles. The Balaban J connectivity index is 1.48. The first-order valence-corrected chi connectivity index (χ1v) is 8.23. The molecule has 0 saturated heterocycles. The molecule has 0 bridgehead atoms. The zero-order valence-electron chi connectivity index (χ0n) is 13.3. The van der Waals surface area contributed by atoms with Crippen LogP contribution in [0.1, 0.15) is 15.9 Å². The van der Waals surface area contributed by atoms with Crippen LogP contribution in [0.4, 0.5) is 0 Å². The minimum absolute atomic E-state index is 0.186. The average molecular weight is 394 g/mol. The standard InChI is InChI=1S/C17H13Cl2N3O4/c18-12-3-2-11(6-13(12)19)17(24)20-8-16(23)22-21-7-10-1-4-14-15(5-10)26-9-25-14/h1-7H,8-9H2,(H,20,24)(H,22,23)/b21-7+. The Labute approximate surface area is 158 Å². The summed E-state index contributed by atoms with van der Waals surface area (Å²) in [5.74, 6) is 0.360. The molecule has 26 heavy (non-hydrogen) atoms. The highest BCUT2D eigenvalue weighted by molar-refractivity contribution is 6.42. The number of amides is 2. The van der Waals surface area contributed by atoms with Crippen molar-refractivity contribution in [3.63, 3.8) is 0 Å². The number of nitrogens with zero attached hydrogens (tertiary/aromatic N) is 1. The molecule has 0 saturated carbocycles. The normalized spacial score (nSPS) is 12.2. The quantitative estimate of drug-likeness (QED) is 0.603. The maximum atomic E-state index is 12.0. The van der Waals surface area contributed by atoms with E-state index in [2.05, 4.69) is 15.8 Å². The van der Waals surface area contributed by atoms with Crippen LogP contribution in [0.15, 0.2) is 41.5 Å². The van der Waals surface area contributed by atoms with Gasteiger partial charge < -0.3 is 14.8 Å². The molecule has 0 atom stereocenters. The van der Waals surface area contributed by atoms with Gasteiger partial charge in [-0.3, -0.25) is 9.59 Å². The molecule has 2 amide bonds. The van der Waals surface area contributed by atoms with Crippen LogP contribution in [-0.2, 0) is 4.79 Å². The van der Waals surface area contributed by atoms with E-state index in [1.54, 1.807) is 18.2 Å². The van der Waals surface area contributed by atoms with Gasteiger partial charge in [0.2, 0.25) is 6.79 Å². The Morgan fingerprint density at radius 3 is 2.69 bits per heavy atom. The number of nitrogens with one attached hydrogen (secondary N) is 2.